The maximum absolute atomic E-state index is 12.4. The highest BCUT2D eigenvalue weighted by atomic mass is 16.6. The van der Waals surface area contributed by atoms with Crippen molar-refractivity contribution in [3.05, 3.63) is 0 Å². The number of rotatable bonds is 5. The van der Waals surface area contributed by atoms with Crippen LogP contribution in [0.3, 0.4) is 0 Å². The molecule has 0 heterocycles. The Hall–Kier alpha value is -0.570. The molecule has 4 rings (SSSR count). The third-order valence-electron chi connectivity index (χ3n) is 7.89. The summed E-state index contributed by atoms with van der Waals surface area (Å²) in [5.41, 5.74) is -1.03. The molecule has 132 valence electrons. The predicted octanol–water partition coefficient (Wildman–Crippen LogP) is 4.32. The van der Waals surface area contributed by atoms with E-state index in [9.17, 15) is 9.90 Å². The monoisotopic (exact) mass is 322 g/mol. The van der Waals surface area contributed by atoms with E-state index in [2.05, 4.69) is 13.8 Å². The van der Waals surface area contributed by atoms with Crippen molar-refractivity contribution >= 4 is 5.97 Å². The van der Waals surface area contributed by atoms with Gasteiger partial charge in [0.1, 0.15) is 5.60 Å². The molecule has 4 fully saturated rings. The van der Waals surface area contributed by atoms with Gasteiger partial charge >= 0.3 is 5.97 Å². The molecule has 23 heavy (non-hydrogen) atoms. The zero-order valence-corrected chi connectivity index (χ0v) is 15.7. The Labute approximate surface area is 141 Å². The Morgan fingerprint density at radius 1 is 1.26 bits per heavy atom. The van der Waals surface area contributed by atoms with E-state index in [0.29, 0.717) is 11.8 Å². The fraction of sp³-hybridized carbons (Fsp3) is 0.950. The number of carbonyl (C=O) groups excluding carboxylic acids is 1. The molecule has 1 N–H and O–H groups in total. The Kier molecular flexibility index (Phi) is 3.73. The average molecular weight is 322 g/mol. The van der Waals surface area contributed by atoms with Gasteiger partial charge in [-0.2, -0.15) is 0 Å². The van der Waals surface area contributed by atoms with Gasteiger partial charge in [0, 0.05) is 10.8 Å². The van der Waals surface area contributed by atoms with Gasteiger partial charge in [-0.3, -0.25) is 4.79 Å². The van der Waals surface area contributed by atoms with E-state index in [1.54, 1.807) is 0 Å². The maximum atomic E-state index is 12.4. The van der Waals surface area contributed by atoms with E-state index < -0.39 is 11.2 Å². The largest absolute Gasteiger partial charge is 0.459 e. The Balaban J connectivity index is 1.88. The van der Waals surface area contributed by atoms with Gasteiger partial charge in [0.05, 0.1) is 11.5 Å². The van der Waals surface area contributed by atoms with Gasteiger partial charge in [-0.1, -0.05) is 13.8 Å². The normalized spacial score (nSPS) is 40.5. The SMILES string of the molecule is CCC(C)C(=O)OC(C)(C)C12CC3CC(C1)C(C(C)(C)O)(C3)C2. The molecule has 0 saturated heterocycles. The summed E-state index contributed by atoms with van der Waals surface area (Å²) in [6, 6.07) is 0. The molecule has 0 aromatic carbocycles. The van der Waals surface area contributed by atoms with Crippen molar-refractivity contribution in [3.8, 4) is 0 Å². The fourth-order valence-electron chi connectivity index (χ4n) is 6.20. The van der Waals surface area contributed by atoms with Crippen molar-refractivity contribution in [1.29, 1.82) is 0 Å². The first kappa shape index (κ1) is 17.3. The average Bonchev–Trinajstić information content (AvgIpc) is 2.82. The number of hydrogen-bond donors (Lipinski definition) is 1. The molecule has 4 aliphatic rings. The van der Waals surface area contributed by atoms with Crippen molar-refractivity contribution < 1.29 is 14.6 Å². The third kappa shape index (κ3) is 2.29. The quantitative estimate of drug-likeness (QED) is 0.767. The van der Waals surface area contributed by atoms with Crippen LogP contribution >= 0.6 is 0 Å². The van der Waals surface area contributed by atoms with Gasteiger partial charge in [0.25, 0.3) is 0 Å². The first-order valence-corrected chi connectivity index (χ1v) is 9.42. The molecule has 0 aromatic rings. The predicted molar refractivity (Wildman–Crippen MR) is 90.9 cm³/mol. The number of esters is 1. The van der Waals surface area contributed by atoms with Crippen molar-refractivity contribution in [2.45, 2.75) is 91.3 Å². The van der Waals surface area contributed by atoms with Crippen molar-refractivity contribution in [1.82, 2.24) is 0 Å². The highest BCUT2D eigenvalue weighted by molar-refractivity contribution is 5.72. The lowest BCUT2D eigenvalue weighted by atomic mass is 9.57. The van der Waals surface area contributed by atoms with E-state index in [1.807, 2.05) is 27.7 Å². The van der Waals surface area contributed by atoms with Gasteiger partial charge < -0.3 is 9.84 Å². The van der Waals surface area contributed by atoms with Crippen LogP contribution in [0.1, 0.15) is 80.1 Å². The Morgan fingerprint density at radius 3 is 2.43 bits per heavy atom. The van der Waals surface area contributed by atoms with Crippen molar-refractivity contribution in [3.63, 3.8) is 0 Å². The first-order valence-electron chi connectivity index (χ1n) is 9.42. The fourth-order valence-corrected chi connectivity index (χ4v) is 6.20. The molecular weight excluding hydrogens is 288 g/mol. The van der Waals surface area contributed by atoms with Gasteiger partial charge in [0.2, 0.25) is 0 Å². The van der Waals surface area contributed by atoms with Gasteiger partial charge in [0.15, 0.2) is 0 Å². The van der Waals surface area contributed by atoms with Crippen LogP contribution in [0, 0.1) is 28.6 Å². The minimum absolute atomic E-state index is 0.0238. The molecule has 0 aliphatic heterocycles. The summed E-state index contributed by atoms with van der Waals surface area (Å²) in [5, 5.41) is 10.9. The highest BCUT2D eigenvalue weighted by Crippen LogP contribution is 2.75. The van der Waals surface area contributed by atoms with Crippen LogP contribution in [0.15, 0.2) is 0 Å². The summed E-state index contributed by atoms with van der Waals surface area (Å²) in [5.74, 6) is 1.18. The molecule has 0 amide bonds. The van der Waals surface area contributed by atoms with Crippen LogP contribution in [-0.4, -0.2) is 22.3 Å². The molecule has 0 radical (unpaired) electrons. The summed E-state index contributed by atoms with van der Waals surface area (Å²) in [4.78, 5) is 12.4. The Morgan fingerprint density at radius 2 is 1.91 bits per heavy atom. The Bertz CT molecular complexity index is 504. The lowest BCUT2D eigenvalue weighted by molar-refractivity contribution is -0.184. The summed E-state index contributed by atoms with van der Waals surface area (Å²) >= 11 is 0. The summed E-state index contributed by atoms with van der Waals surface area (Å²) in [6.45, 7) is 12.2. The minimum Gasteiger partial charge on any atom is -0.459 e. The number of carbonyl (C=O) groups is 1. The van der Waals surface area contributed by atoms with Crippen molar-refractivity contribution in [2.75, 3.05) is 0 Å². The van der Waals surface area contributed by atoms with Crippen LogP contribution in [-0.2, 0) is 9.53 Å². The topological polar surface area (TPSA) is 46.5 Å². The molecule has 3 nitrogen and oxygen atoms in total. The second-order valence-corrected chi connectivity index (χ2v) is 9.82. The van der Waals surface area contributed by atoms with Crippen LogP contribution in [0.2, 0.25) is 0 Å². The number of hydrogen-bond acceptors (Lipinski definition) is 3. The maximum Gasteiger partial charge on any atom is 0.309 e. The number of ether oxygens (including phenoxy) is 1. The molecule has 0 spiro atoms. The summed E-state index contributed by atoms with van der Waals surface area (Å²) in [7, 11) is 0. The summed E-state index contributed by atoms with van der Waals surface area (Å²) < 4.78 is 6.06. The molecule has 3 heteroatoms. The first-order chi connectivity index (χ1) is 10.5. The second-order valence-electron chi connectivity index (χ2n) is 9.82. The molecular formula is C20H34O3. The van der Waals surface area contributed by atoms with Gasteiger partial charge in [-0.25, -0.2) is 0 Å². The smallest absolute Gasteiger partial charge is 0.309 e. The van der Waals surface area contributed by atoms with E-state index >= 15 is 0 Å². The zero-order chi connectivity index (χ0) is 17.3. The van der Waals surface area contributed by atoms with E-state index in [1.165, 1.54) is 6.42 Å². The summed E-state index contributed by atoms with van der Waals surface area (Å²) in [6.07, 6.45) is 6.49. The van der Waals surface area contributed by atoms with Crippen LogP contribution in [0.4, 0.5) is 0 Å². The van der Waals surface area contributed by atoms with E-state index in [0.717, 1.165) is 32.1 Å². The van der Waals surface area contributed by atoms with E-state index in [-0.39, 0.29) is 22.7 Å². The van der Waals surface area contributed by atoms with Crippen LogP contribution in [0.25, 0.3) is 0 Å². The standard InChI is InChI=1S/C20H34O3/c1-7-13(2)16(21)23-18(5,6)19-9-14-8-15(11-19)20(10-14,12-19)17(3,4)22/h13-15,22H,7-12H2,1-6H3. The van der Waals surface area contributed by atoms with Crippen molar-refractivity contribution in [2.24, 2.45) is 28.6 Å². The minimum atomic E-state index is -0.647. The second kappa shape index (κ2) is 4.97. The molecule has 5 unspecified atom stereocenters. The molecule has 4 aliphatic carbocycles. The molecule has 4 bridgehead atoms. The van der Waals surface area contributed by atoms with Crippen LogP contribution < -0.4 is 0 Å². The molecule has 4 saturated carbocycles. The highest BCUT2D eigenvalue weighted by Gasteiger charge is 2.72. The lowest BCUT2D eigenvalue weighted by Crippen LogP contribution is -2.52. The molecule has 5 atom stereocenters. The van der Waals surface area contributed by atoms with Gasteiger partial charge in [-0.15, -0.1) is 0 Å². The third-order valence-corrected chi connectivity index (χ3v) is 7.89. The van der Waals surface area contributed by atoms with Gasteiger partial charge in [-0.05, 0) is 78.1 Å². The van der Waals surface area contributed by atoms with Crippen LogP contribution in [0.5, 0.6) is 0 Å². The number of aliphatic hydroxyl groups is 1. The molecule has 0 aromatic heterocycles. The lowest BCUT2D eigenvalue weighted by Gasteiger charge is -2.52. The van der Waals surface area contributed by atoms with E-state index in [4.69, 9.17) is 4.74 Å². The zero-order valence-electron chi connectivity index (χ0n) is 15.7.